The molecule has 2 aromatic rings. The van der Waals surface area contributed by atoms with E-state index in [4.69, 9.17) is 0 Å². The third-order valence-electron chi connectivity index (χ3n) is 2.20. The van der Waals surface area contributed by atoms with Crippen LogP contribution in [0.15, 0.2) is 45.1 Å². The number of hydrogen-bond acceptors (Lipinski definition) is 5. The monoisotopic (exact) mass is 325 g/mol. The average molecular weight is 325 g/mol. The van der Waals surface area contributed by atoms with Crippen LogP contribution < -0.4 is 4.72 Å². The minimum atomic E-state index is -3.77. The van der Waals surface area contributed by atoms with Crippen LogP contribution in [0, 0.1) is 0 Å². The van der Waals surface area contributed by atoms with Gasteiger partial charge in [-0.3, -0.25) is 4.79 Å². The number of hydrogen-bond donors (Lipinski definition) is 1. The first-order valence-electron chi connectivity index (χ1n) is 5.52. The van der Waals surface area contributed by atoms with Gasteiger partial charge in [0.15, 0.2) is 0 Å². The van der Waals surface area contributed by atoms with Crippen LogP contribution >= 0.6 is 22.7 Å². The molecule has 104 valence electrons. The van der Waals surface area contributed by atoms with Crippen molar-refractivity contribution >= 4 is 50.8 Å². The molecule has 1 amide bonds. The van der Waals surface area contributed by atoms with Crippen molar-refractivity contribution in [3.8, 4) is 0 Å². The average Bonchev–Trinajstić information content (AvgIpc) is 3.07. The Kier molecular flexibility index (Phi) is 4.89. The van der Waals surface area contributed by atoms with Crippen LogP contribution in [0.5, 0.6) is 0 Å². The van der Waals surface area contributed by atoms with Crippen molar-refractivity contribution in [3.63, 3.8) is 0 Å². The molecule has 0 unspecified atom stereocenters. The van der Waals surface area contributed by atoms with Crippen molar-refractivity contribution in [2.75, 3.05) is 0 Å². The first-order chi connectivity index (χ1) is 9.55. The normalized spacial score (nSPS) is 12.2. The second-order valence-corrected chi connectivity index (χ2v) is 6.89. The molecule has 2 heterocycles. The fraction of sp³-hybridized carbons (Fsp3) is 0. The van der Waals surface area contributed by atoms with E-state index in [-0.39, 0.29) is 0 Å². The first-order valence-corrected chi connectivity index (χ1v) is 8.96. The fourth-order valence-electron chi connectivity index (χ4n) is 1.29. The Bertz CT molecular complexity index is 711. The number of amides is 1. The summed E-state index contributed by atoms with van der Waals surface area (Å²) in [5, 5.41) is 8.36. The Morgan fingerprint density at radius 3 is 2.20 bits per heavy atom. The summed E-state index contributed by atoms with van der Waals surface area (Å²) in [6.45, 7) is 0. The smallest absolute Gasteiger partial charge is 0.257 e. The van der Waals surface area contributed by atoms with Crippen LogP contribution in [-0.2, 0) is 14.8 Å². The molecule has 0 spiro atoms. The Morgan fingerprint density at radius 2 is 1.65 bits per heavy atom. The lowest BCUT2D eigenvalue weighted by Gasteiger charge is -1.98. The highest BCUT2D eigenvalue weighted by Crippen LogP contribution is 2.09. The van der Waals surface area contributed by atoms with Gasteiger partial charge in [-0.25, -0.2) is 13.1 Å². The van der Waals surface area contributed by atoms with E-state index in [9.17, 15) is 13.2 Å². The van der Waals surface area contributed by atoms with Gasteiger partial charge in [-0.15, -0.1) is 0 Å². The Labute approximate surface area is 125 Å². The van der Waals surface area contributed by atoms with Gasteiger partial charge in [-0.05, 0) is 56.9 Å². The molecule has 0 aliphatic heterocycles. The zero-order valence-corrected chi connectivity index (χ0v) is 12.7. The number of carbonyl (C=O) groups excluding carboxylic acids is 1. The van der Waals surface area contributed by atoms with Crippen LogP contribution in [-0.4, -0.2) is 14.3 Å². The van der Waals surface area contributed by atoms with Gasteiger partial charge in [-0.2, -0.15) is 22.7 Å². The molecule has 7 heteroatoms. The van der Waals surface area contributed by atoms with Gasteiger partial charge >= 0.3 is 0 Å². The topological polar surface area (TPSA) is 63.2 Å². The van der Waals surface area contributed by atoms with Crippen LogP contribution in [0.25, 0.3) is 12.2 Å². The molecule has 1 N–H and O–H groups in total. The van der Waals surface area contributed by atoms with E-state index in [0.717, 1.165) is 16.5 Å². The third-order valence-corrected chi connectivity index (χ3v) is 4.58. The van der Waals surface area contributed by atoms with Gasteiger partial charge in [0.25, 0.3) is 15.9 Å². The van der Waals surface area contributed by atoms with Crippen molar-refractivity contribution < 1.29 is 13.2 Å². The summed E-state index contributed by atoms with van der Waals surface area (Å²) in [5.41, 5.74) is 1.64. The lowest BCUT2D eigenvalue weighted by Crippen LogP contribution is -2.26. The van der Waals surface area contributed by atoms with Crippen molar-refractivity contribution in [1.82, 2.24) is 4.72 Å². The summed E-state index contributed by atoms with van der Waals surface area (Å²) in [5.74, 6) is -0.675. The molecule has 2 rings (SSSR count). The molecule has 0 aromatic carbocycles. The van der Waals surface area contributed by atoms with Gasteiger partial charge in [0, 0.05) is 6.08 Å². The molecular weight excluding hydrogens is 314 g/mol. The highest BCUT2D eigenvalue weighted by Gasteiger charge is 2.08. The second kappa shape index (κ2) is 6.65. The molecule has 0 radical (unpaired) electrons. The van der Waals surface area contributed by atoms with Gasteiger partial charge < -0.3 is 0 Å². The van der Waals surface area contributed by atoms with Gasteiger partial charge in [0.2, 0.25) is 0 Å². The zero-order chi connectivity index (χ0) is 14.4. The number of nitrogens with one attached hydrogen (secondary N) is 1. The van der Waals surface area contributed by atoms with Crippen LogP contribution in [0.2, 0.25) is 0 Å². The summed E-state index contributed by atoms with van der Waals surface area (Å²) >= 11 is 2.97. The quantitative estimate of drug-likeness (QED) is 0.860. The van der Waals surface area contributed by atoms with E-state index in [0.29, 0.717) is 0 Å². The van der Waals surface area contributed by atoms with Gasteiger partial charge in [0.1, 0.15) is 0 Å². The van der Waals surface area contributed by atoms with Crippen LogP contribution in [0.4, 0.5) is 0 Å². The van der Waals surface area contributed by atoms with Crippen LogP contribution in [0.3, 0.4) is 0 Å². The first kappa shape index (κ1) is 14.7. The molecule has 0 bridgehead atoms. The lowest BCUT2D eigenvalue weighted by molar-refractivity contribution is -0.114. The maximum atomic E-state index is 11.7. The molecule has 0 aliphatic rings. The minimum absolute atomic E-state index is 0.675. The number of carbonyl (C=O) groups is 1. The summed E-state index contributed by atoms with van der Waals surface area (Å²) in [6, 6.07) is 3.62. The molecule has 0 atom stereocenters. The maximum absolute atomic E-state index is 11.7. The van der Waals surface area contributed by atoms with Crippen molar-refractivity contribution in [1.29, 1.82) is 0 Å². The van der Waals surface area contributed by atoms with Crippen molar-refractivity contribution in [2.24, 2.45) is 0 Å². The number of rotatable bonds is 5. The van der Waals surface area contributed by atoms with Gasteiger partial charge in [-0.1, -0.05) is 0 Å². The second-order valence-electron chi connectivity index (χ2n) is 3.76. The van der Waals surface area contributed by atoms with Crippen molar-refractivity contribution in [2.45, 2.75) is 0 Å². The Morgan fingerprint density at radius 1 is 1.05 bits per heavy atom. The Balaban J connectivity index is 1.96. The highest BCUT2D eigenvalue weighted by molar-refractivity contribution is 7.93. The van der Waals surface area contributed by atoms with E-state index < -0.39 is 15.9 Å². The van der Waals surface area contributed by atoms with Crippen LogP contribution in [0.1, 0.15) is 11.1 Å². The third kappa shape index (κ3) is 4.76. The molecule has 0 aliphatic carbocycles. The van der Waals surface area contributed by atoms with E-state index in [2.05, 4.69) is 0 Å². The molecule has 0 saturated heterocycles. The van der Waals surface area contributed by atoms with Crippen molar-refractivity contribution in [3.05, 3.63) is 56.3 Å². The summed E-state index contributed by atoms with van der Waals surface area (Å²) in [4.78, 5) is 11.5. The number of sulfonamides is 1. The standard InChI is InChI=1S/C13H11NO3S3/c15-13(2-1-11-3-6-18-9-11)14-20(16,17)8-5-12-4-7-19-10-12/h1-10H,(H,14,15)/b2-1+,8-5+. The molecule has 20 heavy (non-hydrogen) atoms. The SMILES string of the molecule is O=C(/C=C/c1ccsc1)NS(=O)(=O)/C=C/c1ccsc1. The Hall–Kier alpha value is -1.70. The summed E-state index contributed by atoms with van der Waals surface area (Å²) in [7, 11) is -3.77. The molecular formula is C13H11NO3S3. The predicted octanol–water partition coefficient (Wildman–Crippen LogP) is 2.94. The minimum Gasteiger partial charge on any atom is -0.269 e. The zero-order valence-electron chi connectivity index (χ0n) is 10.2. The van der Waals surface area contributed by atoms with E-state index in [1.807, 2.05) is 32.3 Å². The fourth-order valence-corrected chi connectivity index (χ4v) is 3.30. The van der Waals surface area contributed by atoms with Gasteiger partial charge in [0.05, 0.1) is 5.41 Å². The molecule has 0 saturated carbocycles. The maximum Gasteiger partial charge on any atom is 0.257 e. The lowest BCUT2D eigenvalue weighted by atomic mass is 10.3. The van der Waals surface area contributed by atoms with E-state index in [1.165, 1.54) is 34.8 Å². The molecule has 2 aromatic heterocycles. The number of thiophene rings is 2. The molecule has 0 fully saturated rings. The largest absolute Gasteiger partial charge is 0.269 e. The predicted molar refractivity (Wildman–Crippen MR) is 83.8 cm³/mol. The summed E-state index contributed by atoms with van der Waals surface area (Å²) < 4.78 is 25.2. The highest BCUT2D eigenvalue weighted by atomic mass is 32.2. The van der Waals surface area contributed by atoms with E-state index >= 15 is 0 Å². The molecule has 4 nitrogen and oxygen atoms in total. The van der Waals surface area contributed by atoms with E-state index in [1.54, 1.807) is 12.1 Å². The summed E-state index contributed by atoms with van der Waals surface area (Å²) in [6.07, 6.45) is 4.19.